The van der Waals surface area contributed by atoms with Gasteiger partial charge >= 0.3 is 0 Å². The lowest BCUT2D eigenvalue weighted by molar-refractivity contribution is -0.130. The summed E-state index contributed by atoms with van der Waals surface area (Å²) in [5.41, 5.74) is 0.232. The third-order valence-electron chi connectivity index (χ3n) is 5.52. The lowest BCUT2D eigenvalue weighted by atomic mass is 10.1. The fraction of sp³-hybridized carbons (Fsp3) is 0.385. The molecule has 37 heavy (non-hydrogen) atoms. The van der Waals surface area contributed by atoms with Crippen molar-refractivity contribution in [3.05, 3.63) is 54.1 Å². The van der Waals surface area contributed by atoms with Gasteiger partial charge in [-0.15, -0.1) is 0 Å². The van der Waals surface area contributed by atoms with E-state index in [0.29, 0.717) is 30.2 Å². The highest BCUT2D eigenvalue weighted by Gasteiger charge is 2.27. The van der Waals surface area contributed by atoms with Crippen LogP contribution in [0.15, 0.2) is 48.5 Å². The number of amides is 4. The van der Waals surface area contributed by atoms with Crippen molar-refractivity contribution in [2.45, 2.75) is 31.8 Å². The molecule has 198 valence electrons. The molecule has 0 bridgehead atoms. The molecule has 0 radical (unpaired) electrons. The highest BCUT2D eigenvalue weighted by Crippen LogP contribution is 2.19. The Labute approximate surface area is 215 Å². The van der Waals surface area contributed by atoms with Crippen molar-refractivity contribution >= 4 is 23.6 Å². The summed E-state index contributed by atoms with van der Waals surface area (Å²) in [5.74, 6) is -0.414. The van der Waals surface area contributed by atoms with Crippen molar-refractivity contribution in [3.8, 4) is 17.2 Å². The predicted molar refractivity (Wildman–Crippen MR) is 135 cm³/mol. The molecule has 1 aliphatic rings. The van der Waals surface area contributed by atoms with Gasteiger partial charge in [-0.25, -0.2) is 0 Å². The Morgan fingerprint density at radius 1 is 1.05 bits per heavy atom. The van der Waals surface area contributed by atoms with Crippen LogP contribution < -0.4 is 35.5 Å². The van der Waals surface area contributed by atoms with Crippen LogP contribution in [0.2, 0.25) is 0 Å². The maximum absolute atomic E-state index is 13.0. The average Bonchev–Trinajstić information content (AvgIpc) is 2.90. The summed E-state index contributed by atoms with van der Waals surface area (Å²) in [6.07, 6.45) is 0.142. The second-order valence-corrected chi connectivity index (χ2v) is 8.32. The highest BCUT2D eigenvalue weighted by molar-refractivity contribution is 6.01. The van der Waals surface area contributed by atoms with E-state index in [1.807, 2.05) is 0 Å². The molecular weight excluding hydrogens is 480 g/mol. The molecule has 4 amide bonds. The third kappa shape index (κ3) is 8.41. The molecule has 2 aromatic rings. The lowest BCUT2D eigenvalue weighted by Gasteiger charge is -2.20. The molecule has 3 rings (SSSR count). The molecule has 0 spiro atoms. The summed E-state index contributed by atoms with van der Waals surface area (Å²) in [6.45, 7) is 2.46. The normalized spacial score (nSPS) is 18.9. The van der Waals surface area contributed by atoms with Gasteiger partial charge in [-0.1, -0.05) is 12.1 Å². The van der Waals surface area contributed by atoms with E-state index in [1.165, 1.54) is 0 Å². The van der Waals surface area contributed by atoms with Gasteiger partial charge in [0.1, 0.15) is 35.9 Å². The summed E-state index contributed by atoms with van der Waals surface area (Å²) >= 11 is 0. The van der Waals surface area contributed by atoms with Gasteiger partial charge in [0.25, 0.3) is 5.91 Å². The van der Waals surface area contributed by atoms with Crippen LogP contribution in [0.1, 0.15) is 30.1 Å². The molecule has 0 aliphatic carbocycles. The van der Waals surface area contributed by atoms with Crippen LogP contribution in [0.4, 0.5) is 0 Å². The Balaban J connectivity index is 1.67. The minimum Gasteiger partial charge on any atom is -0.497 e. The van der Waals surface area contributed by atoms with Gasteiger partial charge in [0.05, 0.1) is 32.2 Å². The number of rotatable bonds is 6. The Hall–Kier alpha value is -4.28. The van der Waals surface area contributed by atoms with E-state index in [0.717, 1.165) is 0 Å². The summed E-state index contributed by atoms with van der Waals surface area (Å²) in [4.78, 5) is 50.9. The molecular formula is C26H32N4O7. The van der Waals surface area contributed by atoms with Crippen molar-refractivity contribution in [2.24, 2.45) is 0 Å². The van der Waals surface area contributed by atoms with Crippen molar-refractivity contribution in [1.29, 1.82) is 0 Å². The summed E-state index contributed by atoms with van der Waals surface area (Å²) in [7, 11) is 1.57. The van der Waals surface area contributed by atoms with Gasteiger partial charge in [0.15, 0.2) is 0 Å². The lowest BCUT2D eigenvalue weighted by Crippen LogP contribution is -2.51. The first-order valence-electron chi connectivity index (χ1n) is 12.0. The molecule has 0 saturated carbocycles. The molecule has 2 atom stereocenters. The van der Waals surface area contributed by atoms with Crippen LogP contribution >= 0.6 is 0 Å². The first kappa shape index (κ1) is 27.3. The Kier molecular flexibility index (Phi) is 10.1. The summed E-state index contributed by atoms with van der Waals surface area (Å²) < 4.78 is 16.4. The van der Waals surface area contributed by atoms with Crippen molar-refractivity contribution < 1.29 is 33.4 Å². The quantitative estimate of drug-likeness (QED) is 0.419. The number of fused-ring (bicyclic) bond motifs is 1. The molecule has 1 aliphatic heterocycles. The Bertz CT molecular complexity index is 1090. The first-order chi connectivity index (χ1) is 17.9. The fourth-order valence-electron chi connectivity index (χ4n) is 3.53. The van der Waals surface area contributed by atoms with E-state index in [2.05, 4.69) is 21.3 Å². The summed E-state index contributed by atoms with van der Waals surface area (Å²) in [5, 5.41) is 10.6. The van der Waals surface area contributed by atoms with E-state index in [1.54, 1.807) is 62.6 Å². The standard InChI is InChI=1S/C26H32N4O7/c1-17-24(32)27-12-5-14-37-22-7-4-3-6-20(22)25(33)30-21(16-23(31)29-17)26(34)28-13-15-36-19-10-8-18(35-2)9-11-19/h3-4,6-11,17,21H,5,12-16H2,1-2H3,(H,27,32)(H,28,34)(H,29,31)(H,30,33)/t17-,21-/m0/s1. The van der Waals surface area contributed by atoms with E-state index >= 15 is 0 Å². The monoisotopic (exact) mass is 512 g/mol. The van der Waals surface area contributed by atoms with Gasteiger partial charge in [-0.2, -0.15) is 0 Å². The minimum absolute atomic E-state index is 0.136. The average molecular weight is 513 g/mol. The number of methoxy groups -OCH3 is 1. The maximum Gasteiger partial charge on any atom is 0.255 e. The molecule has 11 nitrogen and oxygen atoms in total. The van der Waals surface area contributed by atoms with Crippen LogP contribution in [-0.2, 0) is 14.4 Å². The number of benzene rings is 2. The predicted octanol–water partition coefficient (Wildman–Crippen LogP) is 0.782. The number of hydrogen-bond acceptors (Lipinski definition) is 7. The Morgan fingerprint density at radius 2 is 1.78 bits per heavy atom. The largest absolute Gasteiger partial charge is 0.497 e. The van der Waals surface area contributed by atoms with E-state index in [9.17, 15) is 19.2 Å². The number of ether oxygens (including phenoxy) is 3. The van der Waals surface area contributed by atoms with Crippen LogP contribution in [0.25, 0.3) is 0 Å². The first-order valence-corrected chi connectivity index (χ1v) is 12.0. The number of para-hydroxylation sites is 1. The van der Waals surface area contributed by atoms with Gasteiger partial charge in [0, 0.05) is 6.54 Å². The molecule has 2 aromatic carbocycles. The third-order valence-corrected chi connectivity index (χ3v) is 5.52. The maximum atomic E-state index is 13.0. The number of hydrogen-bond donors (Lipinski definition) is 4. The molecule has 1 heterocycles. The number of nitrogens with one attached hydrogen (secondary N) is 4. The SMILES string of the molecule is COc1ccc(OCCNC(=O)[C@@H]2CC(=O)N[C@@H](C)C(=O)NCCCOc3ccccc3C(=O)N2)cc1. The molecule has 0 saturated heterocycles. The van der Waals surface area contributed by atoms with E-state index < -0.39 is 29.8 Å². The van der Waals surface area contributed by atoms with E-state index in [4.69, 9.17) is 14.2 Å². The van der Waals surface area contributed by atoms with Gasteiger partial charge in [-0.3, -0.25) is 19.2 Å². The zero-order valence-electron chi connectivity index (χ0n) is 20.9. The molecule has 11 heteroatoms. The van der Waals surface area contributed by atoms with Crippen molar-refractivity contribution in [1.82, 2.24) is 21.3 Å². The Morgan fingerprint density at radius 3 is 2.54 bits per heavy atom. The van der Waals surface area contributed by atoms with Crippen LogP contribution in [-0.4, -0.2) is 69.1 Å². The van der Waals surface area contributed by atoms with Crippen LogP contribution in [0.3, 0.4) is 0 Å². The van der Waals surface area contributed by atoms with Gasteiger partial charge in [-0.05, 0) is 49.7 Å². The zero-order chi connectivity index (χ0) is 26.6. The van der Waals surface area contributed by atoms with E-state index in [-0.39, 0.29) is 37.6 Å². The number of carbonyl (C=O) groups is 4. The van der Waals surface area contributed by atoms with Gasteiger partial charge in [0.2, 0.25) is 17.7 Å². The number of carbonyl (C=O) groups excluding carboxylic acids is 4. The van der Waals surface area contributed by atoms with Crippen LogP contribution in [0.5, 0.6) is 17.2 Å². The van der Waals surface area contributed by atoms with Gasteiger partial charge < -0.3 is 35.5 Å². The topological polar surface area (TPSA) is 144 Å². The molecule has 4 N–H and O–H groups in total. The zero-order valence-corrected chi connectivity index (χ0v) is 20.9. The van der Waals surface area contributed by atoms with Crippen molar-refractivity contribution in [2.75, 3.05) is 33.4 Å². The molecule has 0 unspecified atom stereocenters. The second kappa shape index (κ2) is 13.7. The molecule has 0 fully saturated rings. The fourth-order valence-corrected chi connectivity index (χ4v) is 3.53. The second-order valence-electron chi connectivity index (χ2n) is 8.32. The highest BCUT2D eigenvalue weighted by atomic mass is 16.5. The minimum atomic E-state index is -1.19. The summed E-state index contributed by atoms with van der Waals surface area (Å²) in [6, 6.07) is 11.6. The van der Waals surface area contributed by atoms with Crippen molar-refractivity contribution in [3.63, 3.8) is 0 Å². The van der Waals surface area contributed by atoms with Crippen LogP contribution in [0, 0.1) is 0 Å². The smallest absolute Gasteiger partial charge is 0.255 e. The molecule has 0 aromatic heterocycles.